The van der Waals surface area contributed by atoms with Gasteiger partial charge in [-0.25, -0.2) is 0 Å². The minimum atomic E-state index is -0.0694. The first-order chi connectivity index (χ1) is 12.8. The summed E-state index contributed by atoms with van der Waals surface area (Å²) in [6.07, 6.45) is 3.80. The van der Waals surface area contributed by atoms with Crippen LogP contribution < -0.4 is 5.32 Å². The lowest BCUT2D eigenvalue weighted by molar-refractivity contribution is -0.113. The summed E-state index contributed by atoms with van der Waals surface area (Å²) in [4.78, 5) is 16.5. The molecule has 1 N–H and O–H groups in total. The highest BCUT2D eigenvalue weighted by molar-refractivity contribution is 7.99. The number of thioether (sulfide) groups is 2. The van der Waals surface area contributed by atoms with Crippen molar-refractivity contribution in [2.45, 2.75) is 11.7 Å². The molecule has 6 nitrogen and oxygen atoms in total. The molecule has 0 unspecified atom stereocenters. The summed E-state index contributed by atoms with van der Waals surface area (Å²) in [5.74, 6) is 1.86. The number of carbonyl (C=O) groups excluding carboxylic acids is 1. The summed E-state index contributed by atoms with van der Waals surface area (Å²) in [6, 6.07) is 15.1. The molecule has 134 valence electrons. The van der Waals surface area contributed by atoms with Crippen LogP contribution in [0.25, 0.3) is 11.5 Å². The standard InChI is InChI=1S/C18H19N5OS2/c1-25-12-11-23-17(15-9-5-6-10-19-15)21-22-18(23)26-13-16(24)20-14-7-3-2-4-8-14/h2-10H,11-13H2,1H3,(H,20,24). The van der Waals surface area contributed by atoms with Gasteiger partial charge in [-0.1, -0.05) is 36.0 Å². The van der Waals surface area contributed by atoms with Gasteiger partial charge >= 0.3 is 0 Å². The van der Waals surface area contributed by atoms with Crippen molar-refractivity contribution in [3.8, 4) is 11.5 Å². The number of pyridine rings is 1. The van der Waals surface area contributed by atoms with E-state index in [1.807, 2.05) is 53.1 Å². The van der Waals surface area contributed by atoms with E-state index in [4.69, 9.17) is 0 Å². The number of amides is 1. The lowest BCUT2D eigenvalue weighted by atomic mass is 10.3. The van der Waals surface area contributed by atoms with Gasteiger partial charge in [0.25, 0.3) is 0 Å². The fourth-order valence-corrected chi connectivity index (χ4v) is 3.44. The molecule has 0 radical (unpaired) electrons. The van der Waals surface area contributed by atoms with Crippen LogP contribution in [0, 0.1) is 0 Å². The van der Waals surface area contributed by atoms with E-state index in [1.165, 1.54) is 11.8 Å². The fraction of sp³-hybridized carbons (Fsp3) is 0.222. The molecule has 3 aromatic rings. The minimum Gasteiger partial charge on any atom is -0.325 e. The summed E-state index contributed by atoms with van der Waals surface area (Å²) >= 11 is 3.13. The number of nitrogens with zero attached hydrogens (tertiary/aromatic N) is 4. The number of hydrogen-bond donors (Lipinski definition) is 1. The van der Waals surface area contributed by atoms with Crippen LogP contribution in [-0.2, 0) is 11.3 Å². The van der Waals surface area contributed by atoms with Crippen molar-refractivity contribution in [2.75, 3.05) is 23.1 Å². The maximum atomic E-state index is 12.2. The van der Waals surface area contributed by atoms with Crippen LogP contribution in [0.1, 0.15) is 0 Å². The summed E-state index contributed by atoms with van der Waals surface area (Å²) in [5.41, 5.74) is 1.57. The Bertz CT molecular complexity index is 839. The first-order valence-corrected chi connectivity index (χ1v) is 10.5. The maximum absolute atomic E-state index is 12.2. The van der Waals surface area contributed by atoms with Crippen LogP contribution in [0.2, 0.25) is 0 Å². The van der Waals surface area contributed by atoms with Gasteiger partial charge in [0, 0.05) is 24.2 Å². The molecule has 1 amide bonds. The average Bonchev–Trinajstić information content (AvgIpc) is 3.09. The number of hydrogen-bond acceptors (Lipinski definition) is 6. The van der Waals surface area contributed by atoms with Gasteiger partial charge < -0.3 is 5.32 Å². The van der Waals surface area contributed by atoms with Crippen LogP contribution in [-0.4, -0.2) is 43.4 Å². The van der Waals surface area contributed by atoms with Crippen LogP contribution >= 0.6 is 23.5 Å². The molecular formula is C18H19N5OS2. The van der Waals surface area contributed by atoms with Crippen LogP contribution in [0.15, 0.2) is 59.9 Å². The smallest absolute Gasteiger partial charge is 0.234 e. The molecule has 26 heavy (non-hydrogen) atoms. The Morgan fingerprint density at radius 1 is 1.12 bits per heavy atom. The third-order valence-corrected chi connectivity index (χ3v) is 5.08. The topological polar surface area (TPSA) is 72.7 Å². The molecule has 0 atom stereocenters. The number of para-hydroxylation sites is 1. The Kier molecular flexibility index (Phi) is 6.68. The first kappa shape index (κ1) is 18.5. The lowest BCUT2D eigenvalue weighted by Gasteiger charge is -2.09. The summed E-state index contributed by atoms with van der Waals surface area (Å²) in [5, 5.41) is 12.2. The number of rotatable bonds is 8. The molecule has 2 aromatic heterocycles. The van der Waals surface area contributed by atoms with Gasteiger partial charge in [-0.05, 0) is 30.5 Å². The molecule has 0 saturated carbocycles. The molecule has 1 aromatic carbocycles. The molecular weight excluding hydrogens is 366 g/mol. The zero-order chi connectivity index (χ0) is 18.2. The second-order valence-corrected chi connectivity index (χ2v) is 7.30. The predicted molar refractivity (Wildman–Crippen MR) is 107 cm³/mol. The number of benzene rings is 1. The van der Waals surface area contributed by atoms with Crippen LogP contribution in [0.4, 0.5) is 5.69 Å². The van der Waals surface area contributed by atoms with Crippen LogP contribution in [0.5, 0.6) is 0 Å². The fourth-order valence-electron chi connectivity index (χ4n) is 2.31. The average molecular weight is 386 g/mol. The Labute approximate surface area is 160 Å². The molecule has 8 heteroatoms. The quantitative estimate of drug-likeness (QED) is 0.599. The third-order valence-electron chi connectivity index (χ3n) is 3.52. The predicted octanol–water partition coefficient (Wildman–Crippen LogP) is 3.43. The van der Waals surface area contributed by atoms with Crippen molar-refractivity contribution < 1.29 is 4.79 Å². The molecule has 0 aliphatic carbocycles. The van der Waals surface area contributed by atoms with E-state index in [2.05, 4.69) is 26.8 Å². The summed E-state index contributed by atoms with van der Waals surface area (Å²) in [7, 11) is 0. The summed E-state index contributed by atoms with van der Waals surface area (Å²) < 4.78 is 2.03. The number of aromatic nitrogens is 4. The van der Waals surface area contributed by atoms with Crippen molar-refractivity contribution in [1.82, 2.24) is 19.7 Å². The van der Waals surface area contributed by atoms with E-state index in [9.17, 15) is 4.79 Å². The second-order valence-electron chi connectivity index (χ2n) is 5.37. The summed E-state index contributed by atoms with van der Waals surface area (Å²) in [6.45, 7) is 0.767. The van der Waals surface area contributed by atoms with E-state index in [0.717, 1.165) is 34.7 Å². The van der Waals surface area contributed by atoms with Crippen molar-refractivity contribution >= 4 is 35.1 Å². The maximum Gasteiger partial charge on any atom is 0.234 e. The largest absolute Gasteiger partial charge is 0.325 e. The van der Waals surface area contributed by atoms with Crippen molar-refractivity contribution in [2.24, 2.45) is 0 Å². The second kappa shape index (κ2) is 9.40. The Morgan fingerprint density at radius 3 is 2.65 bits per heavy atom. The Morgan fingerprint density at radius 2 is 1.92 bits per heavy atom. The third kappa shape index (κ3) is 4.86. The van der Waals surface area contributed by atoms with E-state index >= 15 is 0 Å². The van der Waals surface area contributed by atoms with Gasteiger partial charge in [0.1, 0.15) is 5.69 Å². The normalized spacial score (nSPS) is 10.7. The molecule has 0 aliphatic rings. The van der Waals surface area contributed by atoms with E-state index in [1.54, 1.807) is 18.0 Å². The van der Waals surface area contributed by atoms with Crippen molar-refractivity contribution in [3.05, 3.63) is 54.7 Å². The first-order valence-electron chi connectivity index (χ1n) is 8.09. The molecule has 0 fully saturated rings. The van der Waals surface area contributed by atoms with Gasteiger partial charge in [0.2, 0.25) is 5.91 Å². The lowest BCUT2D eigenvalue weighted by Crippen LogP contribution is -2.14. The van der Waals surface area contributed by atoms with Gasteiger partial charge in [-0.3, -0.25) is 14.3 Å². The molecule has 0 aliphatic heterocycles. The Balaban J connectivity index is 1.71. The highest BCUT2D eigenvalue weighted by atomic mass is 32.2. The number of anilines is 1. The highest BCUT2D eigenvalue weighted by Crippen LogP contribution is 2.23. The molecule has 2 heterocycles. The SMILES string of the molecule is CSCCn1c(SCC(=O)Nc2ccccc2)nnc1-c1ccccn1. The molecule has 0 saturated heterocycles. The van der Waals surface area contributed by atoms with Crippen molar-refractivity contribution in [1.29, 1.82) is 0 Å². The highest BCUT2D eigenvalue weighted by Gasteiger charge is 2.16. The van der Waals surface area contributed by atoms with E-state index < -0.39 is 0 Å². The molecule has 0 bridgehead atoms. The monoisotopic (exact) mass is 385 g/mol. The van der Waals surface area contributed by atoms with Crippen LogP contribution in [0.3, 0.4) is 0 Å². The van der Waals surface area contributed by atoms with Crippen molar-refractivity contribution in [3.63, 3.8) is 0 Å². The van der Waals surface area contributed by atoms with Gasteiger partial charge in [-0.2, -0.15) is 11.8 Å². The zero-order valence-corrected chi connectivity index (χ0v) is 16.0. The van der Waals surface area contributed by atoms with Gasteiger partial charge in [0.15, 0.2) is 11.0 Å². The number of carbonyl (C=O) groups is 1. The molecule has 0 spiro atoms. The van der Waals surface area contributed by atoms with E-state index in [0.29, 0.717) is 0 Å². The number of nitrogens with one attached hydrogen (secondary N) is 1. The zero-order valence-electron chi connectivity index (χ0n) is 14.3. The Hall–Kier alpha value is -2.32. The van der Waals surface area contributed by atoms with Gasteiger partial charge in [0.05, 0.1) is 5.75 Å². The van der Waals surface area contributed by atoms with E-state index in [-0.39, 0.29) is 11.7 Å². The van der Waals surface area contributed by atoms with Gasteiger partial charge in [-0.15, -0.1) is 10.2 Å². The molecule has 3 rings (SSSR count). The minimum absolute atomic E-state index is 0.0694.